The Kier molecular flexibility index (Phi) is 5.36. The van der Waals surface area contributed by atoms with Gasteiger partial charge in [0.05, 0.1) is 0 Å². The number of benzene rings is 1. The Balaban J connectivity index is 1.73. The van der Waals surface area contributed by atoms with E-state index in [2.05, 4.69) is 21.2 Å². The Morgan fingerprint density at radius 2 is 1.88 bits per heavy atom. The van der Waals surface area contributed by atoms with Gasteiger partial charge in [-0.3, -0.25) is 14.5 Å². The first-order chi connectivity index (χ1) is 12.0. The number of hydrogen-bond donors (Lipinski definition) is 1. The highest BCUT2D eigenvalue weighted by Gasteiger charge is 2.41. The maximum absolute atomic E-state index is 14.0. The summed E-state index contributed by atoms with van der Waals surface area (Å²) in [6.07, 6.45) is 4.02. The smallest absolute Gasteiger partial charge is 0.325 e. The van der Waals surface area contributed by atoms with Gasteiger partial charge in [-0.25, -0.2) is 9.18 Å². The molecule has 0 aliphatic carbocycles. The fraction of sp³-hybridized carbons (Fsp3) is 0.471. The third kappa shape index (κ3) is 3.84. The SMILES string of the molecule is O=C(CN1C(=O)N[C@@H](c2cc(Br)ccc2F)C1=O)N1CCCCCC1. The summed E-state index contributed by atoms with van der Waals surface area (Å²) in [4.78, 5) is 39.7. The lowest BCUT2D eigenvalue weighted by Crippen LogP contribution is -2.43. The number of likely N-dealkylation sites (tertiary alicyclic amines) is 1. The summed E-state index contributed by atoms with van der Waals surface area (Å²) in [7, 11) is 0. The zero-order valence-electron chi connectivity index (χ0n) is 13.6. The van der Waals surface area contributed by atoms with E-state index in [-0.39, 0.29) is 18.0 Å². The van der Waals surface area contributed by atoms with Crippen LogP contribution in [0, 0.1) is 5.82 Å². The average Bonchev–Trinajstić information content (AvgIpc) is 2.79. The number of hydrogen-bond acceptors (Lipinski definition) is 3. The van der Waals surface area contributed by atoms with Gasteiger partial charge in [0, 0.05) is 23.1 Å². The van der Waals surface area contributed by atoms with Gasteiger partial charge in [0.2, 0.25) is 5.91 Å². The van der Waals surface area contributed by atoms with Gasteiger partial charge < -0.3 is 10.2 Å². The molecule has 0 bridgehead atoms. The monoisotopic (exact) mass is 411 g/mol. The van der Waals surface area contributed by atoms with Crippen molar-refractivity contribution in [3.63, 3.8) is 0 Å². The molecule has 0 aromatic heterocycles. The molecule has 3 rings (SSSR count). The van der Waals surface area contributed by atoms with Gasteiger partial charge in [-0.05, 0) is 31.0 Å². The van der Waals surface area contributed by atoms with Crippen molar-refractivity contribution < 1.29 is 18.8 Å². The quantitative estimate of drug-likeness (QED) is 0.777. The van der Waals surface area contributed by atoms with Crippen molar-refractivity contribution >= 4 is 33.8 Å². The fourth-order valence-electron chi connectivity index (χ4n) is 3.17. The van der Waals surface area contributed by atoms with Crippen LogP contribution in [-0.4, -0.2) is 47.3 Å². The normalized spacial score (nSPS) is 21.3. The highest BCUT2D eigenvalue weighted by atomic mass is 79.9. The minimum Gasteiger partial charge on any atom is -0.341 e. The van der Waals surface area contributed by atoms with Crippen LogP contribution >= 0.6 is 15.9 Å². The zero-order valence-corrected chi connectivity index (χ0v) is 15.2. The molecule has 6 nitrogen and oxygen atoms in total. The van der Waals surface area contributed by atoms with Gasteiger partial charge >= 0.3 is 6.03 Å². The first-order valence-electron chi connectivity index (χ1n) is 8.32. The molecule has 0 spiro atoms. The van der Waals surface area contributed by atoms with Crippen molar-refractivity contribution in [2.75, 3.05) is 19.6 Å². The van der Waals surface area contributed by atoms with Crippen LogP contribution < -0.4 is 5.32 Å². The Hall–Kier alpha value is -1.96. The van der Waals surface area contributed by atoms with E-state index in [1.54, 1.807) is 4.90 Å². The highest BCUT2D eigenvalue weighted by molar-refractivity contribution is 9.10. The minimum atomic E-state index is -1.11. The molecular formula is C17H19BrFN3O3. The van der Waals surface area contributed by atoms with E-state index in [1.807, 2.05) is 0 Å². The molecular weight excluding hydrogens is 393 g/mol. The maximum Gasteiger partial charge on any atom is 0.325 e. The Labute approximate surface area is 153 Å². The molecule has 2 aliphatic rings. The molecule has 8 heteroatoms. The summed E-state index contributed by atoms with van der Waals surface area (Å²) < 4.78 is 14.6. The molecule has 0 unspecified atom stereocenters. The second-order valence-corrected chi connectivity index (χ2v) is 7.18. The molecule has 134 valence electrons. The summed E-state index contributed by atoms with van der Waals surface area (Å²) in [5.41, 5.74) is 0.0810. The number of imide groups is 1. The summed E-state index contributed by atoms with van der Waals surface area (Å²) in [5.74, 6) is -1.44. The lowest BCUT2D eigenvalue weighted by molar-refractivity contribution is -0.137. The predicted molar refractivity (Wildman–Crippen MR) is 92.1 cm³/mol. The second kappa shape index (κ2) is 7.51. The predicted octanol–water partition coefficient (Wildman–Crippen LogP) is 2.58. The first kappa shape index (κ1) is 17.8. The summed E-state index contributed by atoms with van der Waals surface area (Å²) in [6.45, 7) is 0.981. The van der Waals surface area contributed by atoms with Crippen molar-refractivity contribution in [3.05, 3.63) is 34.1 Å². The molecule has 0 radical (unpaired) electrons. The molecule has 25 heavy (non-hydrogen) atoms. The second-order valence-electron chi connectivity index (χ2n) is 6.27. The highest BCUT2D eigenvalue weighted by Crippen LogP contribution is 2.27. The van der Waals surface area contributed by atoms with Crippen LogP contribution in [-0.2, 0) is 9.59 Å². The van der Waals surface area contributed by atoms with Gasteiger partial charge in [-0.1, -0.05) is 28.8 Å². The summed E-state index contributed by atoms with van der Waals surface area (Å²) in [6, 6.07) is 2.42. The summed E-state index contributed by atoms with van der Waals surface area (Å²) in [5, 5.41) is 2.46. The van der Waals surface area contributed by atoms with Crippen LogP contribution in [0.5, 0.6) is 0 Å². The molecule has 1 atom stereocenters. The van der Waals surface area contributed by atoms with Crippen LogP contribution in [0.2, 0.25) is 0 Å². The molecule has 1 N–H and O–H groups in total. The third-order valence-electron chi connectivity index (χ3n) is 4.55. The van der Waals surface area contributed by atoms with Gasteiger partial charge in [-0.15, -0.1) is 0 Å². The van der Waals surface area contributed by atoms with E-state index in [0.29, 0.717) is 17.6 Å². The molecule has 1 aromatic carbocycles. The number of halogens is 2. The Morgan fingerprint density at radius 1 is 1.20 bits per heavy atom. The standard InChI is InChI=1S/C17H19BrFN3O3/c18-11-5-6-13(19)12(9-11)15-16(24)22(17(25)20-15)10-14(23)21-7-3-1-2-4-8-21/h5-6,9,15H,1-4,7-8,10H2,(H,20,25)/t15-/m0/s1. The average molecular weight is 412 g/mol. The maximum atomic E-state index is 14.0. The number of carbonyl (C=O) groups is 3. The third-order valence-corrected chi connectivity index (χ3v) is 5.04. The largest absolute Gasteiger partial charge is 0.341 e. The van der Waals surface area contributed by atoms with E-state index in [1.165, 1.54) is 18.2 Å². The van der Waals surface area contributed by atoms with Crippen molar-refractivity contribution in [2.45, 2.75) is 31.7 Å². The number of nitrogens with one attached hydrogen (secondary N) is 1. The molecule has 2 fully saturated rings. The molecule has 2 heterocycles. The molecule has 0 saturated carbocycles. The van der Waals surface area contributed by atoms with Crippen molar-refractivity contribution in [2.24, 2.45) is 0 Å². The lowest BCUT2D eigenvalue weighted by atomic mass is 10.1. The van der Waals surface area contributed by atoms with Gasteiger partial charge in [0.15, 0.2) is 0 Å². The number of carbonyl (C=O) groups excluding carboxylic acids is 3. The Morgan fingerprint density at radius 3 is 2.56 bits per heavy atom. The van der Waals surface area contributed by atoms with Crippen LogP contribution in [0.4, 0.5) is 9.18 Å². The van der Waals surface area contributed by atoms with Crippen molar-refractivity contribution in [1.29, 1.82) is 0 Å². The summed E-state index contributed by atoms with van der Waals surface area (Å²) >= 11 is 3.23. The number of urea groups is 1. The van der Waals surface area contributed by atoms with Crippen LogP contribution in [0.15, 0.2) is 22.7 Å². The van der Waals surface area contributed by atoms with E-state index >= 15 is 0 Å². The van der Waals surface area contributed by atoms with Crippen molar-refractivity contribution in [3.8, 4) is 0 Å². The van der Waals surface area contributed by atoms with Crippen LogP contribution in [0.3, 0.4) is 0 Å². The zero-order chi connectivity index (χ0) is 18.0. The molecule has 4 amide bonds. The van der Waals surface area contributed by atoms with Crippen LogP contribution in [0.25, 0.3) is 0 Å². The van der Waals surface area contributed by atoms with Gasteiger partial charge in [-0.2, -0.15) is 0 Å². The Bertz CT molecular complexity index is 704. The van der Waals surface area contributed by atoms with E-state index in [9.17, 15) is 18.8 Å². The van der Waals surface area contributed by atoms with Crippen molar-refractivity contribution in [1.82, 2.24) is 15.1 Å². The minimum absolute atomic E-state index is 0.0810. The van der Waals surface area contributed by atoms with Gasteiger partial charge in [0.1, 0.15) is 18.4 Å². The van der Waals surface area contributed by atoms with E-state index in [4.69, 9.17) is 0 Å². The first-order valence-corrected chi connectivity index (χ1v) is 9.11. The van der Waals surface area contributed by atoms with E-state index in [0.717, 1.165) is 30.6 Å². The number of rotatable bonds is 3. The topological polar surface area (TPSA) is 69.7 Å². The van der Waals surface area contributed by atoms with Crippen LogP contribution in [0.1, 0.15) is 37.3 Å². The number of nitrogens with zero attached hydrogens (tertiary/aromatic N) is 2. The molecule has 2 saturated heterocycles. The van der Waals surface area contributed by atoms with Gasteiger partial charge in [0.25, 0.3) is 5.91 Å². The van der Waals surface area contributed by atoms with E-state index < -0.39 is 23.8 Å². The fourth-order valence-corrected chi connectivity index (χ4v) is 3.55. The number of amides is 4. The molecule has 1 aromatic rings. The molecule has 2 aliphatic heterocycles. The lowest BCUT2D eigenvalue weighted by Gasteiger charge is -2.22.